The molecule has 0 aromatic carbocycles. The summed E-state index contributed by atoms with van der Waals surface area (Å²) in [4.78, 5) is 0. The van der Waals surface area contributed by atoms with Crippen molar-refractivity contribution in [3.05, 3.63) is 11.8 Å². The van der Waals surface area contributed by atoms with E-state index in [1.807, 2.05) is 0 Å². The molecule has 88 valence electrons. The maximum atomic E-state index is 6.15. The molecule has 0 saturated heterocycles. The van der Waals surface area contributed by atoms with Crippen LogP contribution in [0.4, 0.5) is 0 Å². The third-order valence-corrected chi connectivity index (χ3v) is 3.69. The van der Waals surface area contributed by atoms with E-state index < -0.39 is 8.32 Å². The van der Waals surface area contributed by atoms with Crippen molar-refractivity contribution in [3.63, 3.8) is 0 Å². The molecule has 0 aromatic rings. The van der Waals surface area contributed by atoms with Crippen LogP contribution in [-0.4, -0.2) is 8.32 Å². The molecule has 0 unspecified atom stereocenters. The second-order valence-electron chi connectivity index (χ2n) is 6.06. The Morgan fingerprint density at radius 2 is 1.87 bits per heavy atom. The Labute approximate surface area is 96.0 Å². The fourth-order valence-electron chi connectivity index (χ4n) is 2.17. The molecule has 0 amide bonds. The van der Waals surface area contributed by atoms with E-state index in [2.05, 4.69) is 39.6 Å². The van der Waals surface area contributed by atoms with Crippen LogP contribution in [0.25, 0.3) is 0 Å². The van der Waals surface area contributed by atoms with Gasteiger partial charge in [-0.15, -0.1) is 0 Å². The van der Waals surface area contributed by atoms with Crippen LogP contribution < -0.4 is 0 Å². The number of hydrogen-bond donors (Lipinski definition) is 0. The number of rotatable bonds is 2. The minimum Gasteiger partial charge on any atom is -0.548 e. The molecule has 0 spiro atoms. The Morgan fingerprint density at radius 3 is 2.47 bits per heavy atom. The van der Waals surface area contributed by atoms with Crippen molar-refractivity contribution in [2.24, 2.45) is 11.8 Å². The quantitative estimate of drug-likeness (QED) is 0.627. The third-order valence-electron chi connectivity index (χ3n) is 2.81. The third kappa shape index (κ3) is 5.40. The average molecular weight is 226 g/mol. The minimum atomic E-state index is -1.41. The summed E-state index contributed by atoms with van der Waals surface area (Å²) >= 11 is 0. The van der Waals surface area contributed by atoms with Crippen molar-refractivity contribution in [3.8, 4) is 0 Å². The molecule has 1 nitrogen and oxygen atoms in total. The molecule has 15 heavy (non-hydrogen) atoms. The summed E-state index contributed by atoms with van der Waals surface area (Å²) < 4.78 is 6.15. The molecule has 2 atom stereocenters. The predicted molar refractivity (Wildman–Crippen MR) is 69.3 cm³/mol. The summed E-state index contributed by atoms with van der Waals surface area (Å²) in [5, 5.41) is 0. The summed E-state index contributed by atoms with van der Waals surface area (Å²) in [6.07, 6.45) is 7.57. The van der Waals surface area contributed by atoms with Crippen molar-refractivity contribution in [1.29, 1.82) is 0 Å². The molecule has 0 heterocycles. The van der Waals surface area contributed by atoms with Gasteiger partial charge in [0.15, 0.2) is 0 Å². The maximum Gasteiger partial charge on any atom is 0.241 e. The summed E-state index contributed by atoms with van der Waals surface area (Å²) in [5.41, 5.74) is 0. The second-order valence-corrected chi connectivity index (χ2v) is 10.5. The largest absolute Gasteiger partial charge is 0.548 e. The van der Waals surface area contributed by atoms with Gasteiger partial charge in [-0.1, -0.05) is 26.7 Å². The zero-order valence-electron chi connectivity index (χ0n) is 11.0. The summed E-state index contributed by atoms with van der Waals surface area (Å²) in [6, 6.07) is 0. The van der Waals surface area contributed by atoms with E-state index in [9.17, 15) is 0 Å². The molecule has 1 aliphatic rings. The van der Waals surface area contributed by atoms with Crippen LogP contribution in [0.3, 0.4) is 0 Å². The minimum absolute atomic E-state index is 0.698. The standard InChI is InChI=1S/C13H26OSi/c1-11-7-6-8-12(2)10-13(9-11)14-15(3,4)5/h9,11-12H,6-8,10H2,1-5H3/b13-9+/t11-,12+/m0/s1. The van der Waals surface area contributed by atoms with Gasteiger partial charge in [0, 0.05) is 6.42 Å². The first-order valence-electron chi connectivity index (χ1n) is 6.26. The first kappa shape index (κ1) is 12.8. The summed E-state index contributed by atoms with van der Waals surface area (Å²) in [5.74, 6) is 2.76. The van der Waals surface area contributed by atoms with Gasteiger partial charge in [0.25, 0.3) is 0 Å². The molecule has 2 heteroatoms. The molecule has 0 N–H and O–H groups in total. The van der Waals surface area contributed by atoms with Crippen molar-refractivity contribution in [1.82, 2.24) is 0 Å². The lowest BCUT2D eigenvalue weighted by molar-refractivity contribution is 0.335. The van der Waals surface area contributed by atoms with Crippen LogP contribution >= 0.6 is 0 Å². The summed E-state index contributed by atoms with van der Waals surface area (Å²) in [6.45, 7) is 11.5. The van der Waals surface area contributed by atoms with E-state index in [0.29, 0.717) is 5.92 Å². The normalized spacial score (nSPS) is 32.5. The predicted octanol–water partition coefficient (Wildman–Crippen LogP) is 4.57. The van der Waals surface area contributed by atoms with Gasteiger partial charge < -0.3 is 4.43 Å². The molecule has 0 aliphatic heterocycles. The van der Waals surface area contributed by atoms with E-state index >= 15 is 0 Å². The number of allylic oxidation sites excluding steroid dienone is 2. The number of hydrogen-bond acceptors (Lipinski definition) is 1. The Bertz CT molecular complexity index is 227. The zero-order chi connectivity index (χ0) is 11.5. The highest BCUT2D eigenvalue weighted by Gasteiger charge is 2.20. The van der Waals surface area contributed by atoms with Crippen molar-refractivity contribution in [2.45, 2.75) is 59.2 Å². The topological polar surface area (TPSA) is 9.23 Å². The molecule has 0 fully saturated rings. The highest BCUT2D eigenvalue weighted by Crippen LogP contribution is 2.27. The lowest BCUT2D eigenvalue weighted by Crippen LogP contribution is -2.26. The molecular formula is C13H26OSi. The molecule has 1 rings (SSSR count). The fourth-order valence-corrected chi connectivity index (χ4v) is 3.11. The van der Waals surface area contributed by atoms with Crippen LogP contribution in [0, 0.1) is 11.8 Å². The SMILES string of the molecule is C[C@@H]1CCC[C@H](C)/C=C(/O[Si](C)(C)C)C1. The van der Waals surface area contributed by atoms with E-state index in [1.54, 1.807) is 0 Å². The first-order chi connectivity index (χ1) is 6.87. The van der Waals surface area contributed by atoms with Crippen molar-refractivity contribution < 1.29 is 4.43 Å². The average Bonchev–Trinajstić information content (AvgIpc) is 1.97. The highest BCUT2D eigenvalue weighted by molar-refractivity contribution is 6.70. The lowest BCUT2D eigenvalue weighted by atomic mass is 9.91. The first-order valence-corrected chi connectivity index (χ1v) is 9.67. The molecule has 0 aromatic heterocycles. The van der Waals surface area contributed by atoms with Crippen LogP contribution in [-0.2, 0) is 4.43 Å². The zero-order valence-corrected chi connectivity index (χ0v) is 12.0. The fraction of sp³-hybridized carbons (Fsp3) is 0.846. The van der Waals surface area contributed by atoms with Gasteiger partial charge in [0.05, 0.1) is 5.76 Å². The smallest absolute Gasteiger partial charge is 0.241 e. The maximum absolute atomic E-state index is 6.15. The van der Waals surface area contributed by atoms with Gasteiger partial charge >= 0.3 is 0 Å². The van der Waals surface area contributed by atoms with Crippen LogP contribution in [0.5, 0.6) is 0 Å². The molecule has 1 aliphatic carbocycles. The van der Waals surface area contributed by atoms with E-state index in [4.69, 9.17) is 4.43 Å². The van der Waals surface area contributed by atoms with Crippen molar-refractivity contribution >= 4 is 8.32 Å². The monoisotopic (exact) mass is 226 g/mol. The molecule has 0 radical (unpaired) electrons. The Balaban J connectivity index is 2.67. The second kappa shape index (κ2) is 5.20. The van der Waals surface area contributed by atoms with Gasteiger partial charge in [-0.25, -0.2) is 0 Å². The summed E-state index contributed by atoms with van der Waals surface area (Å²) in [7, 11) is -1.41. The van der Waals surface area contributed by atoms with Gasteiger partial charge in [-0.3, -0.25) is 0 Å². The Hall–Kier alpha value is -0.243. The van der Waals surface area contributed by atoms with Gasteiger partial charge in [-0.2, -0.15) is 0 Å². The van der Waals surface area contributed by atoms with Crippen LogP contribution in [0.1, 0.15) is 39.5 Å². The lowest BCUT2D eigenvalue weighted by Gasteiger charge is -2.26. The van der Waals surface area contributed by atoms with Crippen LogP contribution in [0.15, 0.2) is 11.8 Å². The van der Waals surface area contributed by atoms with E-state index in [0.717, 1.165) is 12.3 Å². The molecular weight excluding hydrogens is 200 g/mol. The van der Waals surface area contributed by atoms with Crippen LogP contribution in [0.2, 0.25) is 19.6 Å². The highest BCUT2D eigenvalue weighted by atomic mass is 28.4. The molecule has 0 bridgehead atoms. The van der Waals surface area contributed by atoms with Gasteiger partial charge in [-0.05, 0) is 44.0 Å². The van der Waals surface area contributed by atoms with Crippen molar-refractivity contribution in [2.75, 3.05) is 0 Å². The Morgan fingerprint density at radius 1 is 1.20 bits per heavy atom. The Kier molecular flexibility index (Phi) is 4.44. The van der Waals surface area contributed by atoms with Gasteiger partial charge in [0.2, 0.25) is 8.32 Å². The molecule has 0 saturated carbocycles. The van der Waals surface area contributed by atoms with Gasteiger partial charge in [0.1, 0.15) is 0 Å². The van der Waals surface area contributed by atoms with E-state index in [-0.39, 0.29) is 0 Å². The van der Waals surface area contributed by atoms with E-state index in [1.165, 1.54) is 25.0 Å².